The third kappa shape index (κ3) is 4.37. The summed E-state index contributed by atoms with van der Waals surface area (Å²) in [4.78, 5) is 21.7. The van der Waals surface area contributed by atoms with E-state index in [0.717, 1.165) is 12.5 Å². The van der Waals surface area contributed by atoms with Crippen LogP contribution in [0.25, 0.3) is 0 Å². The summed E-state index contributed by atoms with van der Waals surface area (Å²) in [5, 5.41) is 21.9. The molecule has 1 aromatic carbocycles. The normalized spacial score (nSPS) is 9.68. The number of rotatable bonds is 6. The van der Waals surface area contributed by atoms with E-state index in [0.29, 0.717) is 6.61 Å². The van der Waals surface area contributed by atoms with Crippen LogP contribution in [0.2, 0.25) is 0 Å². The first-order valence-corrected chi connectivity index (χ1v) is 5.64. The maximum absolute atomic E-state index is 11.5. The molecule has 0 aliphatic heterocycles. The Hall–Kier alpha value is -2.46. The molecule has 0 spiro atoms. The van der Waals surface area contributed by atoms with Crippen LogP contribution in [0.1, 0.15) is 18.9 Å². The number of nitro benzene ring substituents is 1. The fraction of sp³-hybridized carbons (Fsp3) is 0.333. The van der Waals surface area contributed by atoms with Crippen molar-refractivity contribution in [2.75, 3.05) is 18.5 Å². The first-order chi connectivity index (χ1) is 9.08. The summed E-state index contributed by atoms with van der Waals surface area (Å²) in [6, 6.07) is 5.64. The van der Waals surface area contributed by atoms with E-state index in [1.165, 1.54) is 12.1 Å². The van der Waals surface area contributed by atoms with E-state index in [2.05, 4.69) is 5.32 Å². The third-order valence-electron chi connectivity index (χ3n) is 2.18. The van der Waals surface area contributed by atoms with Gasteiger partial charge in [-0.2, -0.15) is 5.26 Å². The van der Waals surface area contributed by atoms with Gasteiger partial charge in [-0.1, -0.05) is 6.92 Å². The minimum absolute atomic E-state index is 0.0501. The fourth-order valence-corrected chi connectivity index (χ4v) is 1.35. The standard InChI is InChI=1S/C12H13N3O4/c1-2-5-19-8-12(16)14-10-4-3-9(7-13)6-11(10)15(17)18/h3-4,6H,2,5,8H2,1H3,(H,14,16). The molecular formula is C12H13N3O4. The number of ether oxygens (including phenoxy) is 1. The predicted octanol–water partition coefficient (Wildman–Crippen LogP) is 1.83. The average molecular weight is 263 g/mol. The van der Waals surface area contributed by atoms with Gasteiger partial charge in [0, 0.05) is 12.7 Å². The molecule has 0 aromatic heterocycles. The van der Waals surface area contributed by atoms with Crippen molar-refractivity contribution in [3.63, 3.8) is 0 Å². The summed E-state index contributed by atoms with van der Waals surface area (Å²) in [6.07, 6.45) is 0.782. The molecule has 0 radical (unpaired) electrons. The van der Waals surface area contributed by atoms with Crippen LogP contribution in [-0.4, -0.2) is 24.0 Å². The Balaban J connectivity index is 2.80. The van der Waals surface area contributed by atoms with E-state index in [-0.39, 0.29) is 23.5 Å². The van der Waals surface area contributed by atoms with E-state index in [1.54, 1.807) is 6.07 Å². The number of nitrogens with zero attached hydrogens (tertiary/aromatic N) is 2. The van der Waals surface area contributed by atoms with Crippen molar-refractivity contribution in [2.24, 2.45) is 0 Å². The van der Waals surface area contributed by atoms with Gasteiger partial charge in [-0.15, -0.1) is 0 Å². The van der Waals surface area contributed by atoms with Crippen LogP contribution in [0.4, 0.5) is 11.4 Å². The summed E-state index contributed by atoms with van der Waals surface area (Å²) in [5.41, 5.74) is -0.107. The van der Waals surface area contributed by atoms with E-state index in [1.807, 2.05) is 6.92 Å². The van der Waals surface area contributed by atoms with Crippen molar-refractivity contribution in [1.82, 2.24) is 0 Å². The van der Waals surface area contributed by atoms with Gasteiger partial charge in [-0.3, -0.25) is 14.9 Å². The zero-order valence-corrected chi connectivity index (χ0v) is 10.4. The molecular weight excluding hydrogens is 250 g/mol. The molecule has 0 fully saturated rings. The molecule has 0 heterocycles. The van der Waals surface area contributed by atoms with Gasteiger partial charge < -0.3 is 10.1 Å². The quantitative estimate of drug-likeness (QED) is 0.479. The molecule has 7 heteroatoms. The van der Waals surface area contributed by atoms with Crippen LogP contribution in [0.5, 0.6) is 0 Å². The Kier molecular flexibility index (Phi) is 5.44. The molecule has 100 valence electrons. The lowest BCUT2D eigenvalue weighted by atomic mass is 10.2. The van der Waals surface area contributed by atoms with Crippen LogP contribution in [0.3, 0.4) is 0 Å². The maximum atomic E-state index is 11.5. The van der Waals surface area contributed by atoms with Crippen molar-refractivity contribution >= 4 is 17.3 Å². The Morgan fingerprint density at radius 2 is 2.32 bits per heavy atom. The minimum atomic E-state index is -0.649. The number of amides is 1. The molecule has 1 aromatic rings. The van der Waals surface area contributed by atoms with Gasteiger partial charge in [0.25, 0.3) is 11.6 Å². The lowest BCUT2D eigenvalue weighted by Crippen LogP contribution is -2.19. The highest BCUT2D eigenvalue weighted by atomic mass is 16.6. The minimum Gasteiger partial charge on any atom is -0.372 e. The summed E-state index contributed by atoms with van der Waals surface area (Å²) in [7, 11) is 0. The Labute approximate surface area is 109 Å². The average Bonchev–Trinajstić information content (AvgIpc) is 2.39. The molecule has 0 bridgehead atoms. The number of anilines is 1. The molecule has 1 rings (SSSR count). The van der Waals surface area contributed by atoms with Crippen molar-refractivity contribution in [3.05, 3.63) is 33.9 Å². The van der Waals surface area contributed by atoms with Gasteiger partial charge in [-0.25, -0.2) is 0 Å². The third-order valence-corrected chi connectivity index (χ3v) is 2.18. The van der Waals surface area contributed by atoms with Crippen LogP contribution >= 0.6 is 0 Å². The fourth-order valence-electron chi connectivity index (χ4n) is 1.35. The number of carbonyl (C=O) groups is 1. The van der Waals surface area contributed by atoms with Crippen LogP contribution < -0.4 is 5.32 Å². The summed E-state index contributed by atoms with van der Waals surface area (Å²) >= 11 is 0. The molecule has 0 unspecified atom stereocenters. The largest absolute Gasteiger partial charge is 0.372 e. The monoisotopic (exact) mass is 263 g/mol. The second-order valence-electron chi connectivity index (χ2n) is 3.70. The lowest BCUT2D eigenvalue weighted by molar-refractivity contribution is -0.383. The zero-order valence-electron chi connectivity index (χ0n) is 10.4. The van der Waals surface area contributed by atoms with Crippen molar-refractivity contribution in [2.45, 2.75) is 13.3 Å². The predicted molar refractivity (Wildman–Crippen MR) is 67.6 cm³/mol. The number of nitrogens with one attached hydrogen (secondary N) is 1. The van der Waals surface area contributed by atoms with E-state index in [9.17, 15) is 14.9 Å². The SMILES string of the molecule is CCCOCC(=O)Nc1ccc(C#N)cc1[N+](=O)[O-]. The van der Waals surface area contributed by atoms with Crippen LogP contribution in [0.15, 0.2) is 18.2 Å². The van der Waals surface area contributed by atoms with Gasteiger partial charge in [0.15, 0.2) is 0 Å². The highest BCUT2D eigenvalue weighted by molar-refractivity contribution is 5.94. The Morgan fingerprint density at radius 3 is 2.89 bits per heavy atom. The first-order valence-electron chi connectivity index (χ1n) is 5.64. The molecule has 1 amide bonds. The van der Waals surface area contributed by atoms with Gasteiger partial charge in [0.2, 0.25) is 0 Å². The van der Waals surface area contributed by atoms with E-state index >= 15 is 0 Å². The maximum Gasteiger partial charge on any atom is 0.294 e. The van der Waals surface area contributed by atoms with Gasteiger partial charge in [0.1, 0.15) is 12.3 Å². The zero-order chi connectivity index (χ0) is 14.3. The molecule has 0 saturated carbocycles. The van der Waals surface area contributed by atoms with Crippen LogP contribution in [-0.2, 0) is 9.53 Å². The van der Waals surface area contributed by atoms with Crippen molar-refractivity contribution in [3.8, 4) is 6.07 Å². The number of hydrogen-bond acceptors (Lipinski definition) is 5. The number of carbonyl (C=O) groups excluding carboxylic acids is 1. The van der Waals surface area contributed by atoms with Gasteiger partial charge in [-0.05, 0) is 18.6 Å². The van der Waals surface area contributed by atoms with E-state index < -0.39 is 10.8 Å². The first kappa shape index (κ1) is 14.6. The topological polar surface area (TPSA) is 105 Å². The highest BCUT2D eigenvalue weighted by Crippen LogP contribution is 2.25. The molecule has 19 heavy (non-hydrogen) atoms. The lowest BCUT2D eigenvalue weighted by Gasteiger charge is -2.06. The second-order valence-corrected chi connectivity index (χ2v) is 3.70. The Bertz CT molecular complexity index is 522. The van der Waals surface area contributed by atoms with E-state index in [4.69, 9.17) is 10.00 Å². The summed E-state index contributed by atoms with van der Waals surface area (Å²) in [5.74, 6) is -0.471. The van der Waals surface area contributed by atoms with Crippen LogP contribution in [0, 0.1) is 21.4 Å². The smallest absolute Gasteiger partial charge is 0.294 e. The number of nitro groups is 1. The number of benzene rings is 1. The molecule has 0 atom stereocenters. The number of nitriles is 1. The van der Waals surface area contributed by atoms with Crippen molar-refractivity contribution < 1.29 is 14.5 Å². The van der Waals surface area contributed by atoms with Crippen molar-refractivity contribution in [1.29, 1.82) is 5.26 Å². The Morgan fingerprint density at radius 1 is 1.58 bits per heavy atom. The molecule has 1 N–H and O–H groups in total. The highest BCUT2D eigenvalue weighted by Gasteiger charge is 2.16. The second kappa shape index (κ2) is 7.08. The molecule has 0 aliphatic carbocycles. The summed E-state index contributed by atoms with van der Waals surface area (Å²) in [6.45, 7) is 2.19. The molecule has 7 nitrogen and oxygen atoms in total. The number of hydrogen-bond donors (Lipinski definition) is 1. The van der Waals surface area contributed by atoms with Gasteiger partial charge >= 0.3 is 0 Å². The summed E-state index contributed by atoms with van der Waals surface area (Å²) < 4.78 is 5.03. The molecule has 0 aliphatic rings. The molecule has 0 saturated heterocycles. The van der Waals surface area contributed by atoms with Gasteiger partial charge in [0.05, 0.1) is 16.6 Å².